The fourth-order valence-corrected chi connectivity index (χ4v) is 5.26. The minimum absolute atomic E-state index is 0.0151. The van der Waals surface area contributed by atoms with Crippen molar-refractivity contribution in [3.05, 3.63) is 98.5 Å². The van der Waals surface area contributed by atoms with Crippen LogP contribution < -0.4 is 10.1 Å². The molecule has 6 nitrogen and oxygen atoms in total. The quantitative estimate of drug-likeness (QED) is 0.366. The number of nitrogens with one attached hydrogen (secondary N) is 1. The first-order chi connectivity index (χ1) is 18.4. The molecular weight excluding hydrogens is 554 g/mol. The average Bonchev–Trinajstić information content (AvgIpc) is 3.38. The van der Waals surface area contributed by atoms with Gasteiger partial charge < -0.3 is 15.0 Å². The second-order valence-electron chi connectivity index (χ2n) is 9.08. The Labute approximate surface area is 232 Å². The van der Waals surface area contributed by atoms with Crippen LogP contribution in [-0.4, -0.2) is 49.4 Å². The molecular formula is C28H22Cl2F3N3O3. The lowest BCUT2D eigenvalue weighted by Crippen LogP contribution is -2.59. The zero-order chi connectivity index (χ0) is 28.5. The van der Waals surface area contributed by atoms with Gasteiger partial charge in [-0.05, 0) is 48.0 Å². The van der Waals surface area contributed by atoms with Gasteiger partial charge in [0, 0.05) is 37.2 Å². The fraction of sp³-hybridized carbons (Fsp3) is 0.250. The Morgan fingerprint density at radius 2 is 1.72 bits per heavy atom. The van der Waals surface area contributed by atoms with Crippen molar-refractivity contribution in [3.63, 3.8) is 0 Å². The van der Waals surface area contributed by atoms with E-state index in [0.717, 1.165) is 13.2 Å². The predicted octanol–water partition coefficient (Wildman–Crippen LogP) is 5.97. The van der Waals surface area contributed by atoms with Crippen LogP contribution in [0.1, 0.15) is 43.3 Å². The SMILES string of the molecule is COc1ccc(C(=O)N(C)[C@]2(C(=O)c3ccc(C#N)cc3)CNC[C@H]2c2ccc(Cl)c(Cl)c2)cc1C(F)(F)F. The van der Waals surface area contributed by atoms with Gasteiger partial charge in [-0.2, -0.15) is 18.4 Å². The summed E-state index contributed by atoms with van der Waals surface area (Å²) < 4.78 is 46.0. The van der Waals surface area contributed by atoms with Gasteiger partial charge in [0.2, 0.25) is 0 Å². The highest BCUT2D eigenvalue weighted by Crippen LogP contribution is 2.42. The molecule has 0 radical (unpaired) electrons. The van der Waals surface area contributed by atoms with E-state index in [0.29, 0.717) is 22.2 Å². The molecule has 1 amide bonds. The molecule has 0 saturated carbocycles. The molecule has 1 aliphatic rings. The maximum absolute atomic E-state index is 14.2. The summed E-state index contributed by atoms with van der Waals surface area (Å²) in [5, 5.41) is 12.9. The molecule has 3 aromatic rings. The van der Waals surface area contributed by atoms with E-state index >= 15 is 0 Å². The summed E-state index contributed by atoms with van der Waals surface area (Å²) >= 11 is 12.4. The molecule has 4 rings (SSSR count). The van der Waals surface area contributed by atoms with Crippen LogP contribution in [-0.2, 0) is 6.18 Å². The Balaban J connectivity index is 1.86. The molecule has 3 aromatic carbocycles. The first-order valence-electron chi connectivity index (χ1n) is 11.7. The smallest absolute Gasteiger partial charge is 0.419 e. The van der Waals surface area contributed by atoms with E-state index in [1.165, 1.54) is 42.3 Å². The van der Waals surface area contributed by atoms with Crippen LogP contribution >= 0.6 is 23.2 Å². The van der Waals surface area contributed by atoms with Gasteiger partial charge in [0.05, 0.1) is 34.4 Å². The molecule has 202 valence electrons. The lowest BCUT2D eigenvalue weighted by Gasteiger charge is -2.42. The molecule has 39 heavy (non-hydrogen) atoms. The van der Waals surface area contributed by atoms with E-state index in [9.17, 15) is 22.8 Å². The third-order valence-corrected chi connectivity index (χ3v) is 7.73. The molecule has 0 spiro atoms. The fourth-order valence-electron chi connectivity index (χ4n) is 4.95. The molecule has 1 N–H and O–H groups in total. The Bertz CT molecular complexity index is 1470. The number of ether oxygens (including phenoxy) is 1. The number of alkyl halides is 3. The number of benzene rings is 3. The summed E-state index contributed by atoms with van der Waals surface area (Å²) in [5.74, 6) is -2.31. The van der Waals surface area contributed by atoms with Crippen molar-refractivity contribution in [1.82, 2.24) is 10.2 Å². The second-order valence-corrected chi connectivity index (χ2v) is 9.89. The number of hydrogen-bond donors (Lipinski definition) is 1. The minimum atomic E-state index is -4.77. The number of nitrogens with zero attached hydrogens (tertiary/aromatic N) is 2. The number of carbonyl (C=O) groups excluding carboxylic acids is 2. The normalized spacial score (nSPS) is 18.9. The summed E-state index contributed by atoms with van der Waals surface area (Å²) in [6, 6.07) is 15.8. The Hall–Kier alpha value is -3.58. The summed E-state index contributed by atoms with van der Waals surface area (Å²) in [6.45, 7) is 0.287. The Morgan fingerprint density at radius 3 is 2.31 bits per heavy atom. The number of likely N-dealkylation sites (N-methyl/N-ethyl adjacent to an activating group) is 1. The first-order valence-corrected chi connectivity index (χ1v) is 12.4. The largest absolute Gasteiger partial charge is 0.496 e. The van der Waals surface area contributed by atoms with E-state index in [1.807, 2.05) is 6.07 Å². The van der Waals surface area contributed by atoms with Crippen molar-refractivity contribution in [2.75, 3.05) is 27.2 Å². The molecule has 1 fully saturated rings. The average molecular weight is 576 g/mol. The summed E-state index contributed by atoms with van der Waals surface area (Å²) in [7, 11) is 2.49. The van der Waals surface area contributed by atoms with Crippen LogP contribution in [0.15, 0.2) is 60.7 Å². The van der Waals surface area contributed by atoms with Crippen LogP contribution in [0.4, 0.5) is 13.2 Å². The number of carbonyl (C=O) groups is 2. The molecule has 0 bridgehead atoms. The van der Waals surface area contributed by atoms with Crippen molar-refractivity contribution in [3.8, 4) is 11.8 Å². The third kappa shape index (κ3) is 5.20. The molecule has 0 aromatic heterocycles. The first kappa shape index (κ1) is 28.4. The van der Waals surface area contributed by atoms with Crippen LogP contribution in [0.2, 0.25) is 10.0 Å². The topological polar surface area (TPSA) is 82.4 Å². The number of amides is 1. The molecule has 0 unspecified atom stereocenters. The van der Waals surface area contributed by atoms with Crippen molar-refractivity contribution in [2.24, 2.45) is 0 Å². The molecule has 2 atom stereocenters. The number of nitriles is 1. The number of rotatable bonds is 6. The van der Waals surface area contributed by atoms with E-state index in [1.54, 1.807) is 18.2 Å². The molecule has 11 heteroatoms. The Kier molecular flexibility index (Phi) is 7.94. The molecule has 1 saturated heterocycles. The van der Waals surface area contributed by atoms with Crippen molar-refractivity contribution < 1.29 is 27.5 Å². The predicted molar refractivity (Wildman–Crippen MR) is 140 cm³/mol. The van der Waals surface area contributed by atoms with E-state index < -0.39 is 40.6 Å². The van der Waals surface area contributed by atoms with Gasteiger partial charge in [-0.25, -0.2) is 0 Å². The standard InChI is InChI=1S/C28H22Cl2F3N3O3/c1-36(26(38)19-8-10-24(39-2)20(11-19)28(31,32)33)27(25(37)17-5-3-16(13-34)4-6-17)15-35-14-21(27)18-7-9-22(29)23(30)12-18/h3-12,21,35H,14-15H2,1-2H3/t21-,27+/m0/s1. The van der Waals surface area contributed by atoms with Crippen molar-refractivity contribution in [1.29, 1.82) is 5.26 Å². The zero-order valence-corrected chi connectivity index (χ0v) is 22.3. The lowest BCUT2D eigenvalue weighted by molar-refractivity contribution is -0.138. The highest BCUT2D eigenvalue weighted by molar-refractivity contribution is 6.42. The van der Waals surface area contributed by atoms with Gasteiger partial charge in [-0.3, -0.25) is 9.59 Å². The van der Waals surface area contributed by atoms with Gasteiger partial charge in [-0.1, -0.05) is 41.4 Å². The highest BCUT2D eigenvalue weighted by Gasteiger charge is 2.54. The van der Waals surface area contributed by atoms with Gasteiger partial charge >= 0.3 is 6.18 Å². The molecule has 1 heterocycles. The van der Waals surface area contributed by atoms with Crippen LogP contribution in [0, 0.1) is 11.3 Å². The Morgan fingerprint density at radius 1 is 1.05 bits per heavy atom. The van der Waals surface area contributed by atoms with Crippen molar-refractivity contribution >= 4 is 34.9 Å². The maximum atomic E-state index is 14.2. The van der Waals surface area contributed by atoms with E-state index in [2.05, 4.69) is 5.32 Å². The zero-order valence-electron chi connectivity index (χ0n) is 20.8. The number of ketones is 1. The van der Waals surface area contributed by atoms with Crippen LogP contribution in [0.3, 0.4) is 0 Å². The second kappa shape index (κ2) is 10.9. The number of hydrogen-bond acceptors (Lipinski definition) is 5. The molecule has 1 aliphatic heterocycles. The van der Waals surface area contributed by atoms with Crippen LogP contribution in [0.25, 0.3) is 0 Å². The molecule has 0 aliphatic carbocycles. The van der Waals surface area contributed by atoms with Gasteiger partial charge in [0.1, 0.15) is 11.3 Å². The van der Waals surface area contributed by atoms with Crippen molar-refractivity contribution in [2.45, 2.75) is 17.6 Å². The summed E-state index contributed by atoms with van der Waals surface area (Å²) in [6.07, 6.45) is -4.77. The van der Waals surface area contributed by atoms with Gasteiger partial charge in [0.15, 0.2) is 5.78 Å². The number of methoxy groups -OCH3 is 1. The maximum Gasteiger partial charge on any atom is 0.419 e. The van der Waals surface area contributed by atoms with Gasteiger partial charge in [0.25, 0.3) is 5.91 Å². The minimum Gasteiger partial charge on any atom is -0.496 e. The lowest BCUT2D eigenvalue weighted by atomic mass is 9.75. The highest BCUT2D eigenvalue weighted by atomic mass is 35.5. The van der Waals surface area contributed by atoms with Crippen LogP contribution in [0.5, 0.6) is 5.75 Å². The summed E-state index contributed by atoms with van der Waals surface area (Å²) in [4.78, 5) is 29.2. The number of Topliss-reactive ketones (excluding diaryl/α,β-unsaturated/α-hetero) is 1. The monoisotopic (exact) mass is 575 g/mol. The van der Waals surface area contributed by atoms with Gasteiger partial charge in [-0.15, -0.1) is 0 Å². The summed E-state index contributed by atoms with van der Waals surface area (Å²) in [5.41, 5.74) is -1.75. The van der Waals surface area contributed by atoms with E-state index in [4.69, 9.17) is 33.2 Å². The third-order valence-electron chi connectivity index (χ3n) is 6.99. The number of halogens is 5. The van der Waals surface area contributed by atoms with E-state index in [-0.39, 0.29) is 29.2 Å².